The molecule has 0 fully saturated rings. The number of carbonyl (C=O) groups is 2. The molecule has 32 heavy (non-hydrogen) atoms. The molecule has 0 spiro atoms. The Morgan fingerprint density at radius 1 is 0.938 bits per heavy atom. The molecule has 0 bridgehead atoms. The molecule has 0 atom stereocenters. The van der Waals surface area contributed by atoms with Gasteiger partial charge in [0.1, 0.15) is 5.69 Å². The van der Waals surface area contributed by atoms with Crippen LogP contribution in [-0.4, -0.2) is 28.8 Å². The first-order chi connectivity index (χ1) is 15.6. The van der Waals surface area contributed by atoms with E-state index in [4.69, 9.17) is 5.10 Å². The van der Waals surface area contributed by atoms with Gasteiger partial charge >= 0.3 is 6.03 Å². The summed E-state index contributed by atoms with van der Waals surface area (Å²) in [6, 6.07) is 20.4. The standard InChI is InChI=1S/C24H21N5O2S/c1-25-24(31)27-19-12-10-18(11-13-19)26-22(30)14-9-17-16-29(20-6-3-2-4-7-20)28-23(17)21-8-5-15-32-21/h2-16H,1H3,(H,26,30)(H2,25,27,31)/b14-9+. The van der Waals surface area contributed by atoms with Crippen LogP contribution in [-0.2, 0) is 4.79 Å². The van der Waals surface area contributed by atoms with Gasteiger partial charge in [0.15, 0.2) is 0 Å². The topological polar surface area (TPSA) is 88.0 Å². The summed E-state index contributed by atoms with van der Waals surface area (Å²) >= 11 is 1.60. The van der Waals surface area contributed by atoms with Crippen LogP contribution in [0.1, 0.15) is 5.56 Å². The van der Waals surface area contributed by atoms with Crippen molar-refractivity contribution in [1.29, 1.82) is 0 Å². The lowest BCUT2D eigenvalue weighted by Crippen LogP contribution is -2.24. The minimum atomic E-state index is -0.303. The van der Waals surface area contributed by atoms with Crippen molar-refractivity contribution in [2.75, 3.05) is 17.7 Å². The van der Waals surface area contributed by atoms with Crippen LogP contribution in [0.15, 0.2) is 84.4 Å². The van der Waals surface area contributed by atoms with E-state index in [-0.39, 0.29) is 11.9 Å². The molecule has 0 saturated carbocycles. The molecule has 2 heterocycles. The Bertz CT molecular complexity index is 1230. The van der Waals surface area contributed by atoms with Crippen LogP contribution in [0.4, 0.5) is 16.2 Å². The molecule has 3 amide bonds. The van der Waals surface area contributed by atoms with E-state index >= 15 is 0 Å². The number of hydrogen-bond donors (Lipinski definition) is 3. The molecule has 0 radical (unpaired) electrons. The molecule has 0 aliphatic heterocycles. The molecule has 4 rings (SSSR count). The van der Waals surface area contributed by atoms with E-state index in [1.165, 1.54) is 6.08 Å². The van der Waals surface area contributed by atoms with Crippen molar-refractivity contribution in [2.45, 2.75) is 0 Å². The summed E-state index contributed by atoms with van der Waals surface area (Å²) in [6.07, 6.45) is 5.16. The summed E-state index contributed by atoms with van der Waals surface area (Å²) in [7, 11) is 1.55. The van der Waals surface area contributed by atoms with Gasteiger partial charge in [-0.2, -0.15) is 5.10 Å². The van der Waals surface area contributed by atoms with Gasteiger partial charge in [-0.1, -0.05) is 24.3 Å². The Labute approximate surface area is 189 Å². The molecule has 2 aromatic heterocycles. The van der Waals surface area contributed by atoms with Crippen LogP contribution in [0, 0.1) is 0 Å². The summed E-state index contributed by atoms with van der Waals surface area (Å²) in [6.45, 7) is 0. The van der Waals surface area contributed by atoms with Gasteiger partial charge < -0.3 is 16.0 Å². The van der Waals surface area contributed by atoms with Crippen molar-refractivity contribution in [3.63, 3.8) is 0 Å². The normalized spacial score (nSPS) is 10.8. The summed E-state index contributed by atoms with van der Waals surface area (Å²) in [5.74, 6) is -0.262. The van der Waals surface area contributed by atoms with E-state index in [1.807, 2.05) is 58.7 Å². The van der Waals surface area contributed by atoms with Crippen molar-refractivity contribution in [3.05, 3.63) is 89.9 Å². The number of amides is 3. The van der Waals surface area contributed by atoms with Crippen LogP contribution in [0.5, 0.6) is 0 Å². The largest absolute Gasteiger partial charge is 0.341 e. The molecule has 7 nitrogen and oxygen atoms in total. The SMILES string of the molecule is CNC(=O)Nc1ccc(NC(=O)/C=C/c2cn(-c3ccccc3)nc2-c2cccs2)cc1. The van der Waals surface area contributed by atoms with Crippen LogP contribution in [0.2, 0.25) is 0 Å². The first-order valence-corrected chi connectivity index (χ1v) is 10.8. The minimum absolute atomic E-state index is 0.262. The predicted octanol–water partition coefficient (Wildman–Crippen LogP) is 5.00. The van der Waals surface area contributed by atoms with E-state index < -0.39 is 0 Å². The number of benzene rings is 2. The van der Waals surface area contributed by atoms with Gasteiger partial charge in [-0.15, -0.1) is 11.3 Å². The molecule has 4 aromatic rings. The summed E-state index contributed by atoms with van der Waals surface area (Å²) in [5, 5.41) is 14.7. The Hall–Kier alpha value is -4.17. The Kier molecular flexibility index (Phi) is 6.43. The van der Waals surface area contributed by atoms with Crippen molar-refractivity contribution < 1.29 is 9.59 Å². The van der Waals surface area contributed by atoms with Crippen molar-refractivity contribution in [2.24, 2.45) is 0 Å². The number of aromatic nitrogens is 2. The second-order valence-electron chi connectivity index (χ2n) is 6.79. The smallest absolute Gasteiger partial charge is 0.318 e. The average Bonchev–Trinajstić information content (AvgIpc) is 3.49. The first-order valence-electron chi connectivity index (χ1n) is 9.89. The summed E-state index contributed by atoms with van der Waals surface area (Å²) < 4.78 is 1.81. The van der Waals surface area contributed by atoms with Crippen LogP contribution >= 0.6 is 11.3 Å². The molecule has 160 valence electrons. The highest BCUT2D eigenvalue weighted by molar-refractivity contribution is 7.13. The van der Waals surface area contributed by atoms with Gasteiger partial charge in [-0.05, 0) is 53.9 Å². The lowest BCUT2D eigenvalue weighted by molar-refractivity contribution is -0.111. The highest BCUT2D eigenvalue weighted by atomic mass is 32.1. The molecule has 0 unspecified atom stereocenters. The number of para-hydroxylation sites is 1. The van der Waals surface area contributed by atoms with Crippen LogP contribution in [0.3, 0.4) is 0 Å². The molecule has 2 aromatic carbocycles. The second kappa shape index (κ2) is 9.76. The number of nitrogens with zero attached hydrogens (tertiary/aromatic N) is 2. The number of anilines is 2. The highest BCUT2D eigenvalue weighted by Crippen LogP contribution is 2.28. The number of carbonyl (C=O) groups excluding carboxylic acids is 2. The van der Waals surface area contributed by atoms with E-state index in [0.29, 0.717) is 11.4 Å². The highest BCUT2D eigenvalue weighted by Gasteiger charge is 2.12. The van der Waals surface area contributed by atoms with Crippen LogP contribution < -0.4 is 16.0 Å². The fourth-order valence-corrected chi connectivity index (χ4v) is 3.74. The minimum Gasteiger partial charge on any atom is -0.341 e. The predicted molar refractivity (Wildman–Crippen MR) is 129 cm³/mol. The number of nitrogens with one attached hydrogen (secondary N) is 3. The van der Waals surface area contributed by atoms with Crippen molar-refractivity contribution in [3.8, 4) is 16.3 Å². The first kappa shape index (κ1) is 21.1. The maximum atomic E-state index is 12.5. The monoisotopic (exact) mass is 443 g/mol. The number of hydrogen-bond acceptors (Lipinski definition) is 4. The van der Waals surface area contributed by atoms with Crippen LogP contribution in [0.25, 0.3) is 22.3 Å². The van der Waals surface area contributed by atoms with E-state index in [2.05, 4.69) is 16.0 Å². The lowest BCUT2D eigenvalue weighted by Gasteiger charge is -2.06. The molecular formula is C24H21N5O2S. The van der Waals surface area contributed by atoms with Gasteiger partial charge in [-0.25, -0.2) is 9.48 Å². The summed E-state index contributed by atoms with van der Waals surface area (Å²) in [5.41, 5.74) is 3.86. The summed E-state index contributed by atoms with van der Waals surface area (Å²) in [4.78, 5) is 24.9. The zero-order valence-electron chi connectivity index (χ0n) is 17.3. The van der Waals surface area contributed by atoms with Gasteiger partial charge in [0.05, 0.1) is 10.6 Å². The third kappa shape index (κ3) is 5.11. The third-order valence-corrected chi connectivity index (χ3v) is 5.45. The number of urea groups is 1. The average molecular weight is 444 g/mol. The molecular weight excluding hydrogens is 422 g/mol. The zero-order valence-corrected chi connectivity index (χ0v) is 18.1. The molecule has 0 aliphatic rings. The van der Waals surface area contributed by atoms with Gasteiger partial charge in [0, 0.05) is 36.3 Å². The van der Waals surface area contributed by atoms with E-state index in [9.17, 15) is 9.59 Å². The van der Waals surface area contributed by atoms with Gasteiger partial charge in [0.2, 0.25) is 5.91 Å². The fourth-order valence-electron chi connectivity index (χ4n) is 3.01. The molecule has 3 N–H and O–H groups in total. The Morgan fingerprint density at radius 3 is 2.31 bits per heavy atom. The van der Waals surface area contributed by atoms with Gasteiger partial charge in [0.25, 0.3) is 0 Å². The van der Waals surface area contributed by atoms with E-state index in [1.54, 1.807) is 48.7 Å². The molecule has 8 heteroatoms. The van der Waals surface area contributed by atoms with Crippen molar-refractivity contribution in [1.82, 2.24) is 15.1 Å². The van der Waals surface area contributed by atoms with Crippen molar-refractivity contribution >= 4 is 40.7 Å². The molecule has 0 aliphatic carbocycles. The van der Waals surface area contributed by atoms with Gasteiger partial charge in [-0.3, -0.25) is 4.79 Å². The zero-order chi connectivity index (χ0) is 22.3. The third-order valence-electron chi connectivity index (χ3n) is 4.57. The Morgan fingerprint density at radius 2 is 1.66 bits per heavy atom. The number of thiophene rings is 1. The second-order valence-corrected chi connectivity index (χ2v) is 7.74. The quantitative estimate of drug-likeness (QED) is 0.366. The van der Waals surface area contributed by atoms with E-state index in [0.717, 1.165) is 21.8 Å². The fraction of sp³-hybridized carbons (Fsp3) is 0.0417. The number of rotatable bonds is 6. The maximum absolute atomic E-state index is 12.5. The lowest BCUT2D eigenvalue weighted by atomic mass is 10.2. The maximum Gasteiger partial charge on any atom is 0.318 e. The Balaban J connectivity index is 1.50. The molecule has 0 saturated heterocycles.